The van der Waals surface area contributed by atoms with Crippen molar-refractivity contribution in [2.45, 2.75) is 11.8 Å². The number of furan rings is 1. The van der Waals surface area contributed by atoms with E-state index in [9.17, 15) is 8.42 Å². The maximum absolute atomic E-state index is 12.3. The Labute approximate surface area is 144 Å². The number of benzene rings is 3. The van der Waals surface area contributed by atoms with Gasteiger partial charge in [-0.1, -0.05) is 48.5 Å². The summed E-state index contributed by atoms with van der Waals surface area (Å²) in [6.07, 6.45) is 0. The van der Waals surface area contributed by atoms with Crippen LogP contribution in [0.15, 0.2) is 76.0 Å². The Kier molecular flexibility index (Phi) is 3.71. The second-order valence-electron chi connectivity index (χ2n) is 5.65. The predicted octanol–water partition coefficient (Wildman–Crippen LogP) is 4.63. The molecule has 0 bridgehead atoms. The molecule has 0 fully saturated rings. The number of fused-ring (bicyclic) bond motifs is 3. The Hall–Kier alpha value is -2.83. The maximum atomic E-state index is 12.3. The van der Waals surface area contributed by atoms with E-state index in [4.69, 9.17) is 8.70 Å². The SMILES string of the molecule is Cc1oc2ccc3ccccc3c2c1NOS(=O)(=O)c1ccccc1. The molecule has 3 aromatic carbocycles. The molecule has 126 valence electrons. The smallest absolute Gasteiger partial charge is 0.317 e. The van der Waals surface area contributed by atoms with Gasteiger partial charge in [-0.2, -0.15) is 8.42 Å². The zero-order chi connectivity index (χ0) is 17.4. The van der Waals surface area contributed by atoms with Gasteiger partial charge < -0.3 is 4.42 Å². The first-order chi connectivity index (χ1) is 12.1. The highest BCUT2D eigenvalue weighted by Gasteiger charge is 2.19. The molecular formula is C19H15NO4S. The van der Waals surface area contributed by atoms with Gasteiger partial charge in [0.25, 0.3) is 0 Å². The molecule has 0 saturated carbocycles. The number of hydrogen-bond acceptors (Lipinski definition) is 5. The summed E-state index contributed by atoms with van der Waals surface area (Å²) in [6, 6.07) is 19.6. The van der Waals surface area contributed by atoms with E-state index in [2.05, 4.69) is 5.48 Å². The highest BCUT2D eigenvalue weighted by atomic mass is 32.2. The van der Waals surface area contributed by atoms with E-state index >= 15 is 0 Å². The molecule has 0 amide bonds. The first kappa shape index (κ1) is 15.7. The van der Waals surface area contributed by atoms with Crippen molar-refractivity contribution in [2.24, 2.45) is 0 Å². The second kappa shape index (κ2) is 5.91. The van der Waals surface area contributed by atoms with Crippen LogP contribution in [-0.2, 0) is 14.4 Å². The first-order valence-electron chi connectivity index (χ1n) is 7.72. The Morgan fingerprint density at radius 1 is 0.920 bits per heavy atom. The van der Waals surface area contributed by atoms with Crippen molar-refractivity contribution in [2.75, 3.05) is 5.48 Å². The average molecular weight is 353 g/mol. The van der Waals surface area contributed by atoms with Crippen LogP contribution >= 0.6 is 0 Å². The van der Waals surface area contributed by atoms with Gasteiger partial charge in [0.15, 0.2) is 0 Å². The van der Waals surface area contributed by atoms with Crippen molar-refractivity contribution in [3.05, 3.63) is 72.5 Å². The molecule has 0 aliphatic rings. The Bertz CT molecular complexity index is 1160. The molecule has 4 rings (SSSR count). The summed E-state index contributed by atoms with van der Waals surface area (Å²) >= 11 is 0. The van der Waals surface area contributed by atoms with E-state index < -0.39 is 10.1 Å². The van der Waals surface area contributed by atoms with Gasteiger partial charge in [0.1, 0.15) is 17.0 Å². The molecule has 1 N–H and O–H groups in total. The van der Waals surface area contributed by atoms with Gasteiger partial charge in [-0.3, -0.25) is 0 Å². The van der Waals surface area contributed by atoms with Gasteiger partial charge in [-0.25, -0.2) is 5.48 Å². The van der Waals surface area contributed by atoms with E-state index in [0.717, 1.165) is 16.2 Å². The summed E-state index contributed by atoms with van der Waals surface area (Å²) in [5, 5.41) is 2.78. The van der Waals surface area contributed by atoms with Crippen molar-refractivity contribution in [3.63, 3.8) is 0 Å². The molecular weight excluding hydrogens is 338 g/mol. The van der Waals surface area contributed by atoms with E-state index in [1.165, 1.54) is 12.1 Å². The number of nitrogens with one attached hydrogen (secondary N) is 1. The summed E-state index contributed by atoms with van der Waals surface area (Å²) in [5.41, 5.74) is 3.76. The van der Waals surface area contributed by atoms with Crippen molar-refractivity contribution in [1.82, 2.24) is 0 Å². The van der Waals surface area contributed by atoms with Crippen LogP contribution < -0.4 is 5.48 Å². The van der Waals surface area contributed by atoms with Gasteiger partial charge in [0.2, 0.25) is 0 Å². The summed E-state index contributed by atoms with van der Waals surface area (Å²) in [5.74, 6) is 0.551. The summed E-state index contributed by atoms with van der Waals surface area (Å²) in [7, 11) is -3.93. The highest BCUT2D eigenvalue weighted by Crippen LogP contribution is 2.36. The summed E-state index contributed by atoms with van der Waals surface area (Å²) < 4.78 is 35.4. The van der Waals surface area contributed by atoms with E-state index in [1.54, 1.807) is 25.1 Å². The molecule has 0 aliphatic carbocycles. The predicted molar refractivity (Wildman–Crippen MR) is 96.8 cm³/mol. The standard InChI is InChI=1S/C19H15NO4S/c1-13-19(20-24-25(21,22)15-8-3-2-4-9-15)18-16-10-6-5-7-14(16)11-12-17(18)23-13/h2-12,20H,1H3. The maximum Gasteiger partial charge on any atom is 0.317 e. The molecule has 25 heavy (non-hydrogen) atoms. The first-order valence-corrected chi connectivity index (χ1v) is 9.12. The molecule has 4 aromatic rings. The van der Waals surface area contributed by atoms with Crippen LogP contribution in [0.25, 0.3) is 21.7 Å². The Balaban J connectivity index is 1.77. The van der Waals surface area contributed by atoms with Crippen LogP contribution in [0, 0.1) is 6.92 Å². The van der Waals surface area contributed by atoms with Crippen LogP contribution in [0.3, 0.4) is 0 Å². The minimum atomic E-state index is -3.93. The number of aryl methyl sites for hydroxylation is 1. The summed E-state index contributed by atoms with van der Waals surface area (Å²) in [6.45, 7) is 1.76. The third kappa shape index (κ3) is 2.75. The van der Waals surface area contributed by atoms with Crippen molar-refractivity contribution >= 4 is 37.5 Å². The largest absolute Gasteiger partial charge is 0.459 e. The molecule has 0 radical (unpaired) electrons. The zero-order valence-corrected chi connectivity index (χ0v) is 14.2. The van der Waals surface area contributed by atoms with Gasteiger partial charge in [-0.15, -0.1) is 4.28 Å². The molecule has 0 spiro atoms. The lowest BCUT2D eigenvalue weighted by Gasteiger charge is -2.08. The van der Waals surface area contributed by atoms with Crippen molar-refractivity contribution in [3.8, 4) is 0 Å². The Morgan fingerprint density at radius 3 is 2.44 bits per heavy atom. The highest BCUT2D eigenvalue weighted by molar-refractivity contribution is 7.86. The van der Waals surface area contributed by atoms with Crippen molar-refractivity contribution in [1.29, 1.82) is 0 Å². The zero-order valence-electron chi connectivity index (χ0n) is 13.4. The van der Waals surface area contributed by atoms with Gasteiger partial charge >= 0.3 is 10.1 Å². The molecule has 1 aromatic heterocycles. The molecule has 0 aliphatic heterocycles. The van der Waals surface area contributed by atoms with Gasteiger partial charge in [0, 0.05) is 0 Å². The molecule has 5 nitrogen and oxygen atoms in total. The molecule has 0 saturated heterocycles. The van der Waals surface area contributed by atoms with Gasteiger partial charge in [-0.05, 0) is 35.9 Å². The lowest BCUT2D eigenvalue weighted by molar-refractivity contribution is 0.389. The summed E-state index contributed by atoms with van der Waals surface area (Å²) in [4.78, 5) is 0.0813. The normalized spacial score (nSPS) is 11.9. The lowest BCUT2D eigenvalue weighted by atomic mass is 10.1. The monoisotopic (exact) mass is 353 g/mol. The minimum absolute atomic E-state index is 0.0813. The van der Waals surface area contributed by atoms with E-state index in [-0.39, 0.29) is 4.90 Å². The van der Waals surface area contributed by atoms with Crippen LogP contribution in [0.1, 0.15) is 5.76 Å². The fourth-order valence-corrected chi connectivity index (χ4v) is 3.62. The van der Waals surface area contributed by atoms with E-state index in [0.29, 0.717) is 17.0 Å². The fourth-order valence-electron chi connectivity index (χ4n) is 2.84. The quantitative estimate of drug-likeness (QED) is 0.542. The Morgan fingerprint density at radius 2 is 1.64 bits per heavy atom. The molecule has 0 atom stereocenters. The van der Waals surface area contributed by atoms with Crippen LogP contribution in [-0.4, -0.2) is 8.42 Å². The van der Waals surface area contributed by atoms with Crippen LogP contribution in [0.4, 0.5) is 5.69 Å². The van der Waals surface area contributed by atoms with Gasteiger partial charge in [0.05, 0.1) is 10.3 Å². The lowest BCUT2D eigenvalue weighted by Crippen LogP contribution is -2.11. The van der Waals surface area contributed by atoms with Crippen molar-refractivity contribution < 1.29 is 17.1 Å². The number of rotatable bonds is 4. The third-order valence-corrected chi connectivity index (χ3v) is 5.19. The van der Waals surface area contributed by atoms with Crippen LogP contribution in [0.5, 0.6) is 0 Å². The number of anilines is 1. The van der Waals surface area contributed by atoms with E-state index in [1.807, 2.05) is 36.4 Å². The second-order valence-corrected chi connectivity index (χ2v) is 7.19. The minimum Gasteiger partial charge on any atom is -0.459 e. The molecule has 1 heterocycles. The fraction of sp³-hybridized carbons (Fsp3) is 0.0526. The average Bonchev–Trinajstić information content (AvgIpc) is 2.96. The molecule has 6 heteroatoms. The molecule has 0 unspecified atom stereocenters. The van der Waals surface area contributed by atoms with Crippen LogP contribution in [0.2, 0.25) is 0 Å². The topological polar surface area (TPSA) is 68.5 Å². The number of hydrogen-bond donors (Lipinski definition) is 1. The third-order valence-electron chi connectivity index (χ3n) is 4.04.